The van der Waals surface area contributed by atoms with Crippen LogP contribution in [0.5, 0.6) is 0 Å². The minimum Gasteiger partial charge on any atom is -0.385 e. The van der Waals surface area contributed by atoms with E-state index in [1.165, 1.54) is 13.2 Å². The molecular weight excluding hydrogens is 254 g/mol. The Morgan fingerprint density at radius 1 is 1.33 bits per heavy atom. The van der Waals surface area contributed by atoms with E-state index in [9.17, 15) is 13.2 Å². The summed E-state index contributed by atoms with van der Waals surface area (Å²) in [5.74, 6) is -0.518. The zero-order valence-corrected chi connectivity index (χ0v) is 11.3. The van der Waals surface area contributed by atoms with Gasteiger partial charge in [-0.15, -0.1) is 0 Å². The highest BCUT2D eigenvalue weighted by molar-refractivity contribution is 7.90. The van der Waals surface area contributed by atoms with Crippen molar-refractivity contribution in [3.63, 3.8) is 0 Å². The van der Waals surface area contributed by atoms with Crippen molar-refractivity contribution in [1.82, 2.24) is 4.72 Å². The van der Waals surface area contributed by atoms with E-state index in [1.54, 1.807) is 25.1 Å². The molecule has 0 heterocycles. The smallest absolute Gasteiger partial charge is 0.264 e. The van der Waals surface area contributed by atoms with E-state index in [-0.39, 0.29) is 11.3 Å². The van der Waals surface area contributed by atoms with Gasteiger partial charge in [0, 0.05) is 20.1 Å². The second-order valence-electron chi connectivity index (χ2n) is 3.89. The van der Waals surface area contributed by atoms with Crippen LogP contribution in [0, 0.1) is 6.92 Å². The van der Waals surface area contributed by atoms with E-state index in [1.807, 2.05) is 0 Å². The van der Waals surface area contributed by atoms with E-state index >= 15 is 0 Å². The van der Waals surface area contributed by atoms with Gasteiger partial charge in [-0.05, 0) is 25.0 Å². The van der Waals surface area contributed by atoms with Gasteiger partial charge in [0.05, 0.1) is 4.90 Å². The number of hydrogen-bond donors (Lipinski definition) is 1. The second kappa shape index (κ2) is 6.51. The van der Waals surface area contributed by atoms with Gasteiger partial charge in [0.1, 0.15) is 0 Å². The first kappa shape index (κ1) is 14.7. The number of hydrogen-bond acceptors (Lipinski definition) is 4. The summed E-state index contributed by atoms with van der Waals surface area (Å²) in [4.78, 5) is 11.6. The van der Waals surface area contributed by atoms with Gasteiger partial charge in [-0.25, -0.2) is 13.1 Å². The SMILES string of the molecule is COCCCC(=O)NS(=O)(=O)c1ccccc1C. The summed E-state index contributed by atoms with van der Waals surface area (Å²) in [6.07, 6.45) is 0.616. The number of nitrogens with one attached hydrogen (secondary N) is 1. The van der Waals surface area contributed by atoms with Crippen LogP contribution in [0.4, 0.5) is 0 Å². The van der Waals surface area contributed by atoms with Gasteiger partial charge >= 0.3 is 0 Å². The Bertz CT molecular complexity index is 511. The molecule has 0 aliphatic heterocycles. The minimum atomic E-state index is -3.77. The molecule has 5 nitrogen and oxygen atoms in total. The molecule has 0 saturated carbocycles. The third kappa shape index (κ3) is 4.12. The third-order valence-corrected chi connectivity index (χ3v) is 3.92. The van der Waals surface area contributed by atoms with Crippen LogP contribution < -0.4 is 4.72 Å². The molecule has 0 unspecified atom stereocenters. The van der Waals surface area contributed by atoms with Crippen LogP contribution in [0.15, 0.2) is 29.2 Å². The molecule has 0 atom stereocenters. The van der Waals surface area contributed by atoms with Crippen molar-refractivity contribution in [2.45, 2.75) is 24.7 Å². The van der Waals surface area contributed by atoms with Crippen LogP contribution in [0.3, 0.4) is 0 Å². The lowest BCUT2D eigenvalue weighted by Gasteiger charge is -2.08. The standard InChI is InChI=1S/C12H17NO4S/c1-10-6-3-4-7-11(10)18(15,16)13-12(14)8-5-9-17-2/h3-4,6-7H,5,8-9H2,1-2H3,(H,13,14). The third-order valence-electron chi connectivity index (χ3n) is 2.38. The van der Waals surface area contributed by atoms with Crippen molar-refractivity contribution in [2.24, 2.45) is 0 Å². The molecule has 1 aromatic rings. The highest BCUT2D eigenvalue weighted by Gasteiger charge is 2.18. The molecule has 100 valence electrons. The summed E-state index contributed by atoms with van der Waals surface area (Å²) in [5.41, 5.74) is 0.606. The molecular formula is C12H17NO4S. The molecule has 1 N–H and O–H groups in total. The summed E-state index contributed by atoms with van der Waals surface area (Å²) in [5, 5.41) is 0. The maximum atomic E-state index is 11.9. The molecule has 0 spiro atoms. The van der Waals surface area contributed by atoms with Gasteiger partial charge in [0.15, 0.2) is 0 Å². The Morgan fingerprint density at radius 3 is 2.61 bits per heavy atom. The van der Waals surface area contributed by atoms with Crippen molar-refractivity contribution in [2.75, 3.05) is 13.7 Å². The van der Waals surface area contributed by atoms with E-state index in [4.69, 9.17) is 4.74 Å². The molecule has 0 fully saturated rings. The van der Waals surface area contributed by atoms with Crippen LogP contribution in [-0.2, 0) is 19.6 Å². The Morgan fingerprint density at radius 2 is 2.00 bits per heavy atom. The van der Waals surface area contributed by atoms with Gasteiger partial charge in [0.2, 0.25) is 5.91 Å². The number of benzene rings is 1. The first-order valence-electron chi connectivity index (χ1n) is 5.57. The average Bonchev–Trinajstić information content (AvgIpc) is 2.29. The molecule has 1 amide bonds. The number of ether oxygens (including phenoxy) is 1. The summed E-state index contributed by atoms with van der Waals surface area (Å²) in [6, 6.07) is 6.52. The van der Waals surface area contributed by atoms with E-state index in [0.717, 1.165) is 0 Å². The molecule has 18 heavy (non-hydrogen) atoms. The summed E-state index contributed by atoms with van der Waals surface area (Å²) in [7, 11) is -2.24. The monoisotopic (exact) mass is 271 g/mol. The highest BCUT2D eigenvalue weighted by atomic mass is 32.2. The molecule has 0 saturated heterocycles. The minimum absolute atomic E-state index is 0.124. The first-order valence-corrected chi connectivity index (χ1v) is 7.06. The van der Waals surface area contributed by atoms with Crippen LogP contribution in [0.2, 0.25) is 0 Å². The van der Waals surface area contributed by atoms with Gasteiger partial charge in [0.25, 0.3) is 10.0 Å². The van der Waals surface area contributed by atoms with Crippen molar-refractivity contribution < 1.29 is 17.9 Å². The predicted molar refractivity (Wildman–Crippen MR) is 67.6 cm³/mol. The lowest BCUT2D eigenvalue weighted by molar-refractivity contribution is -0.119. The lowest BCUT2D eigenvalue weighted by Crippen LogP contribution is -2.31. The Balaban J connectivity index is 2.71. The highest BCUT2D eigenvalue weighted by Crippen LogP contribution is 2.13. The van der Waals surface area contributed by atoms with Crippen LogP contribution in [0.1, 0.15) is 18.4 Å². The van der Waals surface area contributed by atoms with E-state index < -0.39 is 15.9 Å². The van der Waals surface area contributed by atoms with Gasteiger partial charge in [-0.1, -0.05) is 18.2 Å². The van der Waals surface area contributed by atoms with E-state index in [2.05, 4.69) is 4.72 Å². The molecule has 0 radical (unpaired) electrons. The topological polar surface area (TPSA) is 72.5 Å². The number of amides is 1. The van der Waals surface area contributed by atoms with Crippen LogP contribution >= 0.6 is 0 Å². The quantitative estimate of drug-likeness (QED) is 0.790. The molecule has 6 heteroatoms. The Hall–Kier alpha value is -1.40. The summed E-state index contributed by atoms with van der Waals surface area (Å²) in [6.45, 7) is 2.11. The van der Waals surface area contributed by atoms with Gasteiger partial charge in [-0.3, -0.25) is 4.79 Å². The molecule has 0 aliphatic carbocycles. The van der Waals surface area contributed by atoms with Crippen molar-refractivity contribution >= 4 is 15.9 Å². The number of methoxy groups -OCH3 is 1. The fraction of sp³-hybridized carbons (Fsp3) is 0.417. The fourth-order valence-corrected chi connectivity index (χ4v) is 2.75. The number of carbonyl (C=O) groups is 1. The maximum Gasteiger partial charge on any atom is 0.264 e. The normalized spacial score (nSPS) is 11.2. The number of carbonyl (C=O) groups excluding carboxylic acids is 1. The number of rotatable bonds is 6. The number of sulfonamides is 1. The van der Waals surface area contributed by atoms with Crippen LogP contribution in [-0.4, -0.2) is 28.0 Å². The summed E-state index contributed by atoms with van der Waals surface area (Å²) >= 11 is 0. The molecule has 1 aromatic carbocycles. The molecule has 0 bridgehead atoms. The average molecular weight is 271 g/mol. The first-order chi connectivity index (χ1) is 8.47. The predicted octanol–water partition coefficient (Wildman–Crippen LogP) is 1.23. The fourth-order valence-electron chi connectivity index (χ4n) is 1.49. The Labute approximate surface area is 107 Å². The zero-order chi connectivity index (χ0) is 13.6. The lowest BCUT2D eigenvalue weighted by atomic mass is 10.2. The molecule has 0 aliphatic rings. The van der Waals surface area contributed by atoms with Gasteiger partial charge < -0.3 is 4.74 Å². The number of aryl methyl sites for hydroxylation is 1. The van der Waals surface area contributed by atoms with Crippen LogP contribution in [0.25, 0.3) is 0 Å². The Kier molecular flexibility index (Phi) is 5.30. The second-order valence-corrected chi connectivity index (χ2v) is 5.54. The maximum absolute atomic E-state index is 11.9. The largest absolute Gasteiger partial charge is 0.385 e. The molecule has 1 rings (SSSR count). The zero-order valence-electron chi connectivity index (χ0n) is 10.5. The molecule has 0 aromatic heterocycles. The van der Waals surface area contributed by atoms with Crippen molar-refractivity contribution in [3.8, 4) is 0 Å². The summed E-state index contributed by atoms with van der Waals surface area (Å²) < 4.78 is 30.7. The van der Waals surface area contributed by atoms with Crippen molar-refractivity contribution in [3.05, 3.63) is 29.8 Å². The van der Waals surface area contributed by atoms with Crippen molar-refractivity contribution in [1.29, 1.82) is 0 Å². The van der Waals surface area contributed by atoms with E-state index in [0.29, 0.717) is 18.6 Å². The van der Waals surface area contributed by atoms with Gasteiger partial charge in [-0.2, -0.15) is 0 Å².